The molecule has 0 heterocycles. The molecule has 0 spiro atoms. The number of amides is 1. The second kappa shape index (κ2) is 9.09. The third-order valence-electron chi connectivity index (χ3n) is 3.65. The van der Waals surface area contributed by atoms with Crippen LogP contribution < -0.4 is 10.1 Å². The number of carbonyl (C=O) groups is 3. The highest BCUT2D eigenvalue weighted by Crippen LogP contribution is 2.31. The Hall–Kier alpha value is -3.56. The number of ether oxygens (including phenoxy) is 3. The van der Waals surface area contributed by atoms with Gasteiger partial charge < -0.3 is 19.5 Å². The zero-order valence-corrected chi connectivity index (χ0v) is 15.3. The topological polar surface area (TPSA) is 90.9 Å². The summed E-state index contributed by atoms with van der Waals surface area (Å²) in [4.78, 5) is 35.7. The molecule has 0 atom stereocenters. The molecule has 0 saturated carbocycles. The number of benzene rings is 2. The predicted molar refractivity (Wildman–Crippen MR) is 94.7 cm³/mol. The molecule has 0 aromatic heterocycles. The van der Waals surface area contributed by atoms with Crippen LogP contribution in [0.5, 0.6) is 5.75 Å². The van der Waals surface area contributed by atoms with E-state index in [9.17, 15) is 27.6 Å². The molecule has 0 aliphatic heterocycles. The zero-order valence-electron chi connectivity index (χ0n) is 15.3. The van der Waals surface area contributed by atoms with Gasteiger partial charge in [-0.1, -0.05) is 6.07 Å². The fourth-order valence-corrected chi connectivity index (χ4v) is 2.28. The fraction of sp³-hybridized carbons (Fsp3) is 0.211. The van der Waals surface area contributed by atoms with Gasteiger partial charge in [0.2, 0.25) is 0 Å². The van der Waals surface area contributed by atoms with E-state index in [1.165, 1.54) is 24.3 Å². The van der Waals surface area contributed by atoms with Crippen molar-refractivity contribution in [2.45, 2.75) is 6.18 Å². The molecule has 1 amide bonds. The van der Waals surface area contributed by atoms with Crippen molar-refractivity contribution in [3.63, 3.8) is 0 Å². The number of esters is 2. The molecular weight excluding hydrogens is 395 g/mol. The maximum atomic E-state index is 12.7. The van der Waals surface area contributed by atoms with Gasteiger partial charge in [0.1, 0.15) is 5.75 Å². The van der Waals surface area contributed by atoms with Gasteiger partial charge in [-0.05, 0) is 36.4 Å². The molecule has 2 rings (SSSR count). The third-order valence-corrected chi connectivity index (χ3v) is 3.65. The van der Waals surface area contributed by atoms with Crippen molar-refractivity contribution in [1.29, 1.82) is 0 Å². The average molecular weight is 411 g/mol. The molecule has 0 aliphatic carbocycles. The summed E-state index contributed by atoms with van der Waals surface area (Å²) < 4.78 is 52.5. The van der Waals surface area contributed by atoms with Gasteiger partial charge in [-0.15, -0.1) is 0 Å². The Labute approximate surface area is 163 Å². The lowest BCUT2D eigenvalue weighted by atomic mass is 10.1. The van der Waals surface area contributed by atoms with Crippen LogP contribution in [-0.2, 0) is 20.4 Å². The zero-order chi connectivity index (χ0) is 21.6. The fourth-order valence-electron chi connectivity index (χ4n) is 2.28. The summed E-state index contributed by atoms with van der Waals surface area (Å²) in [6.45, 7) is -0.635. The monoisotopic (exact) mass is 411 g/mol. The normalized spacial score (nSPS) is 10.8. The van der Waals surface area contributed by atoms with Crippen LogP contribution >= 0.6 is 0 Å². The number of nitrogens with one attached hydrogen (secondary N) is 1. The molecule has 154 valence electrons. The minimum atomic E-state index is -4.55. The summed E-state index contributed by atoms with van der Waals surface area (Å²) in [6, 6.07) is 7.82. The Morgan fingerprint density at radius 2 is 1.66 bits per heavy atom. The largest absolute Gasteiger partial charge is 0.484 e. The number of halogens is 3. The van der Waals surface area contributed by atoms with Gasteiger partial charge in [0.15, 0.2) is 6.61 Å². The molecule has 29 heavy (non-hydrogen) atoms. The Balaban J connectivity index is 2.15. The molecule has 1 N–H and O–H groups in total. The van der Waals surface area contributed by atoms with E-state index in [-0.39, 0.29) is 22.6 Å². The standard InChI is InChI=1S/C19H16F3NO6/c1-27-17(25)11-6-7-14(18(26)28-2)15(8-11)23-16(24)10-29-13-5-3-4-12(9-13)19(20,21)22/h3-9H,10H2,1-2H3,(H,23,24). The number of methoxy groups -OCH3 is 2. The maximum absolute atomic E-state index is 12.7. The minimum absolute atomic E-state index is 0.0347. The Bertz CT molecular complexity index is 926. The number of carbonyl (C=O) groups excluding carboxylic acids is 3. The predicted octanol–water partition coefficient (Wildman–Crippen LogP) is 3.30. The highest BCUT2D eigenvalue weighted by Gasteiger charge is 2.30. The van der Waals surface area contributed by atoms with Gasteiger partial charge in [-0.2, -0.15) is 13.2 Å². The second-order valence-electron chi connectivity index (χ2n) is 5.61. The van der Waals surface area contributed by atoms with Crippen LogP contribution in [0.3, 0.4) is 0 Å². The van der Waals surface area contributed by atoms with E-state index in [2.05, 4.69) is 14.8 Å². The third kappa shape index (κ3) is 5.71. The van der Waals surface area contributed by atoms with Crippen molar-refractivity contribution in [2.75, 3.05) is 26.1 Å². The van der Waals surface area contributed by atoms with Gasteiger partial charge in [-0.25, -0.2) is 9.59 Å². The summed E-state index contributed by atoms with van der Waals surface area (Å²) in [5, 5.41) is 2.37. The van der Waals surface area contributed by atoms with Gasteiger partial charge in [-0.3, -0.25) is 4.79 Å². The molecule has 2 aromatic carbocycles. The second-order valence-corrected chi connectivity index (χ2v) is 5.61. The average Bonchev–Trinajstić information content (AvgIpc) is 2.70. The van der Waals surface area contributed by atoms with Gasteiger partial charge in [0, 0.05) is 0 Å². The molecule has 0 aliphatic rings. The molecule has 0 bridgehead atoms. The highest BCUT2D eigenvalue weighted by atomic mass is 19.4. The van der Waals surface area contributed by atoms with E-state index in [4.69, 9.17) is 4.74 Å². The van der Waals surface area contributed by atoms with E-state index in [1.54, 1.807) is 0 Å². The number of rotatable bonds is 6. The number of anilines is 1. The first-order chi connectivity index (χ1) is 13.7. The molecule has 2 aromatic rings. The summed E-state index contributed by atoms with van der Waals surface area (Å²) in [5.41, 5.74) is -0.937. The van der Waals surface area contributed by atoms with E-state index in [0.29, 0.717) is 0 Å². The van der Waals surface area contributed by atoms with Crippen LogP contribution in [0.15, 0.2) is 42.5 Å². The van der Waals surface area contributed by atoms with Crippen molar-refractivity contribution >= 4 is 23.5 Å². The summed E-state index contributed by atoms with van der Waals surface area (Å²) in [7, 11) is 2.30. The Morgan fingerprint density at radius 3 is 2.28 bits per heavy atom. The van der Waals surface area contributed by atoms with Crippen molar-refractivity contribution in [2.24, 2.45) is 0 Å². The molecule has 0 fully saturated rings. The van der Waals surface area contributed by atoms with Crippen molar-refractivity contribution in [3.8, 4) is 5.75 Å². The lowest BCUT2D eigenvalue weighted by Gasteiger charge is -2.13. The Morgan fingerprint density at radius 1 is 0.966 bits per heavy atom. The Kier molecular flexibility index (Phi) is 6.81. The number of hydrogen-bond donors (Lipinski definition) is 1. The van der Waals surface area contributed by atoms with Crippen LogP contribution in [-0.4, -0.2) is 38.7 Å². The van der Waals surface area contributed by atoms with E-state index in [0.717, 1.165) is 32.4 Å². The van der Waals surface area contributed by atoms with Crippen molar-refractivity contribution in [3.05, 3.63) is 59.2 Å². The quantitative estimate of drug-likeness (QED) is 0.734. The van der Waals surface area contributed by atoms with Gasteiger partial charge in [0.25, 0.3) is 5.91 Å². The molecule has 10 heteroatoms. The summed E-state index contributed by atoms with van der Waals surface area (Å²) in [5.74, 6) is -2.39. The summed E-state index contributed by atoms with van der Waals surface area (Å²) >= 11 is 0. The van der Waals surface area contributed by atoms with E-state index < -0.39 is 36.2 Å². The maximum Gasteiger partial charge on any atom is 0.416 e. The first-order valence-corrected chi connectivity index (χ1v) is 8.06. The molecule has 0 radical (unpaired) electrons. The van der Waals surface area contributed by atoms with Crippen molar-refractivity contribution in [1.82, 2.24) is 0 Å². The SMILES string of the molecule is COC(=O)c1ccc(C(=O)OC)c(NC(=O)COc2cccc(C(F)(F)F)c2)c1. The number of hydrogen-bond acceptors (Lipinski definition) is 6. The van der Waals surface area contributed by atoms with Gasteiger partial charge in [0.05, 0.1) is 36.6 Å². The molecule has 0 unspecified atom stereocenters. The van der Waals surface area contributed by atoms with Crippen LogP contribution in [0.25, 0.3) is 0 Å². The molecular formula is C19H16F3NO6. The molecule has 0 saturated heterocycles. The smallest absolute Gasteiger partial charge is 0.416 e. The first kappa shape index (κ1) is 21.7. The van der Waals surface area contributed by atoms with Crippen LogP contribution in [0, 0.1) is 0 Å². The van der Waals surface area contributed by atoms with Crippen LogP contribution in [0.2, 0.25) is 0 Å². The van der Waals surface area contributed by atoms with Crippen LogP contribution in [0.1, 0.15) is 26.3 Å². The van der Waals surface area contributed by atoms with Crippen molar-refractivity contribution < 1.29 is 41.8 Å². The number of alkyl halides is 3. The van der Waals surface area contributed by atoms with E-state index >= 15 is 0 Å². The lowest BCUT2D eigenvalue weighted by Crippen LogP contribution is -2.22. The van der Waals surface area contributed by atoms with E-state index in [1.807, 2.05) is 0 Å². The minimum Gasteiger partial charge on any atom is -0.484 e. The first-order valence-electron chi connectivity index (χ1n) is 8.06. The van der Waals surface area contributed by atoms with Crippen LogP contribution in [0.4, 0.5) is 18.9 Å². The molecule has 7 nitrogen and oxygen atoms in total. The summed E-state index contributed by atoms with van der Waals surface area (Å²) in [6.07, 6.45) is -4.55. The van der Waals surface area contributed by atoms with Gasteiger partial charge >= 0.3 is 18.1 Å². The highest BCUT2D eigenvalue weighted by molar-refractivity contribution is 6.03. The lowest BCUT2D eigenvalue weighted by molar-refractivity contribution is -0.137.